The van der Waals surface area contributed by atoms with Crippen molar-refractivity contribution in [3.8, 4) is 5.75 Å². The van der Waals surface area contributed by atoms with E-state index < -0.39 is 0 Å². The number of aryl methyl sites for hydroxylation is 1. The second-order valence-corrected chi connectivity index (χ2v) is 6.03. The van der Waals surface area contributed by atoms with E-state index in [1.165, 1.54) is 5.56 Å². The fourth-order valence-corrected chi connectivity index (χ4v) is 2.68. The Hall–Kier alpha value is -1.71. The molecule has 0 saturated carbocycles. The smallest absolute Gasteiger partial charge is 0.220 e. The second-order valence-electron chi connectivity index (χ2n) is 5.21. The molecule has 5 heteroatoms. The standard InChI is InChI=1S/C18H19Cl2NO2/c1-13-5-7-14(8-6-13)23-12-11-21-18(22)10-9-15-16(19)3-2-4-17(15)20/h2-8H,9-12H2,1H3,(H,21,22). The van der Waals surface area contributed by atoms with Crippen LogP contribution in [0, 0.1) is 6.92 Å². The summed E-state index contributed by atoms with van der Waals surface area (Å²) in [4.78, 5) is 11.8. The molecule has 2 aromatic carbocycles. The molecule has 0 aromatic heterocycles. The van der Waals surface area contributed by atoms with E-state index in [4.69, 9.17) is 27.9 Å². The zero-order valence-corrected chi connectivity index (χ0v) is 14.5. The Morgan fingerprint density at radius 1 is 1.09 bits per heavy atom. The Balaban J connectivity index is 1.68. The number of halogens is 2. The van der Waals surface area contributed by atoms with Crippen LogP contribution in [-0.2, 0) is 11.2 Å². The molecule has 23 heavy (non-hydrogen) atoms. The van der Waals surface area contributed by atoms with Crippen LogP contribution in [-0.4, -0.2) is 19.1 Å². The van der Waals surface area contributed by atoms with E-state index in [1.807, 2.05) is 31.2 Å². The number of benzene rings is 2. The fraction of sp³-hybridized carbons (Fsp3) is 0.278. The molecule has 2 aromatic rings. The van der Waals surface area contributed by atoms with Gasteiger partial charge < -0.3 is 10.1 Å². The van der Waals surface area contributed by atoms with E-state index in [0.29, 0.717) is 36.0 Å². The monoisotopic (exact) mass is 351 g/mol. The number of hydrogen-bond acceptors (Lipinski definition) is 2. The Labute approximate surface area is 146 Å². The lowest BCUT2D eigenvalue weighted by Gasteiger charge is -2.09. The molecule has 1 amide bonds. The molecule has 0 aliphatic rings. The summed E-state index contributed by atoms with van der Waals surface area (Å²) in [5, 5.41) is 4.00. The maximum Gasteiger partial charge on any atom is 0.220 e. The van der Waals surface area contributed by atoms with E-state index in [2.05, 4.69) is 5.32 Å². The van der Waals surface area contributed by atoms with Gasteiger partial charge in [-0.3, -0.25) is 4.79 Å². The van der Waals surface area contributed by atoms with Gasteiger partial charge in [-0.05, 0) is 43.2 Å². The molecule has 0 aliphatic heterocycles. The van der Waals surface area contributed by atoms with Crippen LogP contribution in [0.5, 0.6) is 5.75 Å². The van der Waals surface area contributed by atoms with Gasteiger partial charge in [0.25, 0.3) is 0 Å². The molecule has 0 atom stereocenters. The van der Waals surface area contributed by atoms with Crippen LogP contribution in [0.25, 0.3) is 0 Å². The van der Waals surface area contributed by atoms with Gasteiger partial charge in [0, 0.05) is 16.5 Å². The number of carbonyl (C=O) groups excluding carboxylic acids is 1. The minimum absolute atomic E-state index is 0.0477. The van der Waals surface area contributed by atoms with Crippen molar-refractivity contribution in [1.29, 1.82) is 0 Å². The summed E-state index contributed by atoms with van der Waals surface area (Å²) < 4.78 is 5.56. The molecule has 122 valence electrons. The number of amides is 1. The van der Waals surface area contributed by atoms with Crippen LogP contribution in [0.2, 0.25) is 10.0 Å². The van der Waals surface area contributed by atoms with Crippen LogP contribution in [0.1, 0.15) is 17.5 Å². The zero-order valence-electron chi connectivity index (χ0n) is 12.9. The Bertz CT molecular complexity index is 636. The minimum atomic E-state index is -0.0477. The number of rotatable bonds is 7. The highest BCUT2D eigenvalue weighted by Gasteiger charge is 2.08. The lowest BCUT2D eigenvalue weighted by atomic mass is 10.1. The van der Waals surface area contributed by atoms with Crippen LogP contribution in [0.15, 0.2) is 42.5 Å². The predicted molar refractivity (Wildman–Crippen MR) is 94.5 cm³/mol. The highest BCUT2D eigenvalue weighted by Crippen LogP contribution is 2.25. The highest BCUT2D eigenvalue weighted by atomic mass is 35.5. The average Bonchev–Trinajstić information content (AvgIpc) is 2.53. The van der Waals surface area contributed by atoms with E-state index in [0.717, 1.165) is 11.3 Å². The molecule has 0 bridgehead atoms. The van der Waals surface area contributed by atoms with Crippen molar-refractivity contribution in [2.24, 2.45) is 0 Å². The normalized spacial score (nSPS) is 10.4. The van der Waals surface area contributed by atoms with Crippen LogP contribution >= 0.6 is 23.2 Å². The average molecular weight is 352 g/mol. The molecule has 1 N–H and O–H groups in total. The second kappa shape index (κ2) is 8.80. The van der Waals surface area contributed by atoms with Gasteiger partial charge in [-0.15, -0.1) is 0 Å². The third kappa shape index (κ3) is 5.77. The topological polar surface area (TPSA) is 38.3 Å². The SMILES string of the molecule is Cc1ccc(OCCNC(=O)CCc2c(Cl)cccc2Cl)cc1. The fourth-order valence-electron chi connectivity index (χ4n) is 2.09. The van der Waals surface area contributed by atoms with E-state index in [-0.39, 0.29) is 5.91 Å². The van der Waals surface area contributed by atoms with Crippen molar-refractivity contribution in [3.63, 3.8) is 0 Å². The third-order valence-corrected chi connectivity index (χ3v) is 4.09. The quantitative estimate of drug-likeness (QED) is 0.749. The lowest BCUT2D eigenvalue weighted by Crippen LogP contribution is -2.28. The van der Waals surface area contributed by atoms with Gasteiger partial charge >= 0.3 is 0 Å². The first-order chi connectivity index (χ1) is 11.1. The Morgan fingerprint density at radius 2 is 1.74 bits per heavy atom. The molecule has 0 spiro atoms. The van der Waals surface area contributed by atoms with Gasteiger partial charge in [-0.25, -0.2) is 0 Å². The predicted octanol–water partition coefficient (Wildman–Crippen LogP) is 4.43. The largest absolute Gasteiger partial charge is 0.492 e. The molecule has 0 saturated heterocycles. The van der Waals surface area contributed by atoms with Crippen molar-refractivity contribution in [2.75, 3.05) is 13.2 Å². The van der Waals surface area contributed by atoms with Gasteiger partial charge in [-0.1, -0.05) is 47.0 Å². The Morgan fingerprint density at radius 3 is 2.39 bits per heavy atom. The molecule has 0 unspecified atom stereocenters. The van der Waals surface area contributed by atoms with Crippen molar-refractivity contribution < 1.29 is 9.53 Å². The first kappa shape index (κ1) is 17.6. The van der Waals surface area contributed by atoms with Gasteiger partial charge in [0.05, 0.1) is 6.54 Å². The first-order valence-corrected chi connectivity index (χ1v) is 8.21. The molecule has 0 aliphatic carbocycles. The third-order valence-electron chi connectivity index (χ3n) is 3.38. The van der Waals surface area contributed by atoms with Crippen molar-refractivity contribution in [3.05, 3.63) is 63.6 Å². The maximum atomic E-state index is 11.8. The van der Waals surface area contributed by atoms with E-state index in [1.54, 1.807) is 18.2 Å². The summed E-state index contributed by atoms with van der Waals surface area (Å²) in [5.41, 5.74) is 1.99. The molecular formula is C18H19Cl2NO2. The van der Waals surface area contributed by atoms with Crippen molar-refractivity contribution in [1.82, 2.24) is 5.32 Å². The zero-order chi connectivity index (χ0) is 16.7. The summed E-state index contributed by atoms with van der Waals surface area (Å²) in [6.07, 6.45) is 0.858. The summed E-state index contributed by atoms with van der Waals surface area (Å²) in [5.74, 6) is 0.751. The molecule has 3 nitrogen and oxygen atoms in total. The van der Waals surface area contributed by atoms with Crippen LogP contribution in [0.3, 0.4) is 0 Å². The van der Waals surface area contributed by atoms with Gasteiger partial charge in [-0.2, -0.15) is 0 Å². The summed E-state index contributed by atoms with van der Waals surface area (Å²) in [7, 11) is 0. The van der Waals surface area contributed by atoms with Crippen LogP contribution in [0.4, 0.5) is 0 Å². The van der Waals surface area contributed by atoms with Gasteiger partial charge in [0.1, 0.15) is 12.4 Å². The van der Waals surface area contributed by atoms with Gasteiger partial charge in [0.15, 0.2) is 0 Å². The number of hydrogen-bond donors (Lipinski definition) is 1. The number of nitrogens with one attached hydrogen (secondary N) is 1. The van der Waals surface area contributed by atoms with E-state index >= 15 is 0 Å². The minimum Gasteiger partial charge on any atom is -0.492 e. The van der Waals surface area contributed by atoms with Gasteiger partial charge in [0.2, 0.25) is 5.91 Å². The molecule has 2 rings (SSSR count). The molecule has 0 heterocycles. The molecule has 0 fully saturated rings. The van der Waals surface area contributed by atoms with Crippen molar-refractivity contribution in [2.45, 2.75) is 19.8 Å². The van der Waals surface area contributed by atoms with Crippen molar-refractivity contribution >= 4 is 29.1 Å². The Kier molecular flexibility index (Phi) is 6.75. The maximum absolute atomic E-state index is 11.8. The number of carbonyl (C=O) groups is 1. The molecule has 0 radical (unpaired) electrons. The van der Waals surface area contributed by atoms with E-state index in [9.17, 15) is 4.79 Å². The summed E-state index contributed by atoms with van der Waals surface area (Å²) in [6, 6.07) is 13.1. The summed E-state index contributed by atoms with van der Waals surface area (Å²) >= 11 is 12.2. The number of ether oxygens (including phenoxy) is 1. The summed E-state index contributed by atoms with van der Waals surface area (Å²) in [6.45, 7) is 2.92. The van der Waals surface area contributed by atoms with Crippen LogP contribution < -0.4 is 10.1 Å². The highest BCUT2D eigenvalue weighted by molar-refractivity contribution is 6.36. The molecular weight excluding hydrogens is 333 g/mol. The first-order valence-electron chi connectivity index (χ1n) is 7.45. The lowest BCUT2D eigenvalue weighted by molar-refractivity contribution is -0.121.